The lowest BCUT2D eigenvalue weighted by Crippen LogP contribution is -2.02. The molecule has 0 amide bonds. The topological polar surface area (TPSA) is 26.3 Å². The highest BCUT2D eigenvalue weighted by atomic mass is 16.5. The summed E-state index contributed by atoms with van der Waals surface area (Å²) in [5.74, 6) is -0.287. The second-order valence-electron chi connectivity index (χ2n) is 7.55. The number of aryl methyl sites for hydroxylation is 1. The highest BCUT2D eigenvalue weighted by Crippen LogP contribution is 2.26. The average Bonchev–Trinajstić information content (AvgIpc) is 2.82. The number of esters is 1. The van der Waals surface area contributed by atoms with Gasteiger partial charge in [0.1, 0.15) is 0 Å². The van der Waals surface area contributed by atoms with Crippen LogP contribution >= 0.6 is 0 Å². The monoisotopic (exact) mass is 406 g/mol. The lowest BCUT2D eigenvalue weighted by molar-refractivity contribution is -0.137. The maximum absolute atomic E-state index is 12.2. The summed E-state index contributed by atoms with van der Waals surface area (Å²) in [6.45, 7) is 2.21. The minimum atomic E-state index is -0.287. The van der Waals surface area contributed by atoms with Crippen LogP contribution in [0.1, 0.15) is 24.5 Å². The minimum absolute atomic E-state index is 0.287. The van der Waals surface area contributed by atoms with Gasteiger partial charge >= 0.3 is 5.97 Å². The van der Waals surface area contributed by atoms with Gasteiger partial charge in [0.2, 0.25) is 0 Å². The Morgan fingerprint density at radius 3 is 2.19 bits per heavy atom. The molecule has 0 aliphatic heterocycles. The Labute approximate surface area is 183 Å². The van der Waals surface area contributed by atoms with Gasteiger partial charge in [-0.25, -0.2) is 4.79 Å². The molecule has 0 spiro atoms. The van der Waals surface area contributed by atoms with Crippen LogP contribution in [0.4, 0.5) is 0 Å². The molecule has 0 bridgehead atoms. The fourth-order valence-electron chi connectivity index (χ4n) is 3.79. The van der Waals surface area contributed by atoms with Gasteiger partial charge < -0.3 is 4.74 Å². The van der Waals surface area contributed by atoms with E-state index in [1.165, 1.54) is 27.5 Å². The van der Waals surface area contributed by atoms with Gasteiger partial charge in [0, 0.05) is 6.08 Å². The van der Waals surface area contributed by atoms with Crippen molar-refractivity contribution in [3.8, 4) is 11.1 Å². The number of rotatable bonds is 7. The van der Waals surface area contributed by atoms with Crippen molar-refractivity contribution < 1.29 is 9.53 Å². The Balaban J connectivity index is 1.55. The van der Waals surface area contributed by atoms with Gasteiger partial charge in [-0.3, -0.25) is 0 Å². The SMILES string of the molecule is CCOC(=O)/C=C(/CCc1ccc(-c2ccccc2)cc1)c1ccc2ccccc2c1. The highest BCUT2D eigenvalue weighted by Gasteiger charge is 2.08. The molecule has 0 saturated heterocycles. The molecule has 0 atom stereocenters. The summed E-state index contributed by atoms with van der Waals surface area (Å²) in [5, 5.41) is 2.36. The number of hydrogen-bond acceptors (Lipinski definition) is 2. The van der Waals surface area contributed by atoms with E-state index in [1.807, 2.05) is 25.1 Å². The average molecular weight is 407 g/mol. The van der Waals surface area contributed by atoms with Crippen molar-refractivity contribution in [1.82, 2.24) is 0 Å². The standard InChI is InChI=1S/C29H26O2/c1-2-31-29(30)21-28(27-19-18-24-10-6-7-11-26(24)20-27)17-14-22-12-15-25(16-13-22)23-8-4-3-5-9-23/h3-13,15-16,18-21H,2,14,17H2,1H3/b28-21-. The molecule has 0 aliphatic carbocycles. The van der Waals surface area contributed by atoms with E-state index in [4.69, 9.17) is 4.74 Å². The molecule has 4 aromatic rings. The van der Waals surface area contributed by atoms with Crippen LogP contribution in [-0.2, 0) is 16.0 Å². The normalized spacial score (nSPS) is 11.5. The van der Waals surface area contributed by atoms with Gasteiger partial charge in [-0.1, -0.05) is 91.0 Å². The number of ether oxygens (including phenoxy) is 1. The molecule has 2 heteroatoms. The molecule has 0 aliphatic rings. The number of benzene rings is 4. The van der Waals surface area contributed by atoms with Gasteiger partial charge in [-0.2, -0.15) is 0 Å². The smallest absolute Gasteiger partial charge is 0.331 e. The first-order chi connectivity index (χ1) is 15.2. The Morgan fingerprint density at radius 1 is 0.774 bits per heavy atom. The van der Waals surface area contributed by atoms with Crippen LogP contribution in [0.5, 0.6) is 0 Å². The van der Waals surface area contributed by atoms with Crippen molar-refractivity contribution in [2.45, 2.75) is 19.8 Å². The van der Waals surface area contributed by atoms with Crippen LogP contribution in [0.3, 0.4) is 0 Å². The van der Waals surface area contributed by atoms with E-state index < -0.39 is 0 Å². The quantitative estimate of drug-likeness (QED) is 0.242. The molecule has 0 N–H and O–H groups in total. The molecule has 31 heavy (non-hydrogen) atoms. The number of allylic oxidation sites excluding steroid dienone is 1. The van der Waals surface area contributed by atoms with Crippen LogP contribution in [0.15, 0.2) is 103 Å². The van der Waals surface area contributed by atoms with E-state index >= 15 is 0 Å². The van der Waals surface area contributed by atoms with E-state index in [0.29, 0.717) is 6.61 Å². The molecule has 0 fully saturated rings. The van der Waals surface area contributed by atoms with Gasteiger partial charge in [0.05, 0.1) is 6.61 Å². The summed E-state index contributed by atoms with van der Waals surface area (Å²) >= 11 is 0. The van der Waals surface area contributed by atoms with E-state index in [2.05, 4.69) is 78.9 Å². The van der Waals surface area contributed by atoms with E-state index in [0.717, 1.165) is 24.0 Å². The van der Waals surface area contributed by atoms with Gasteiger partial charge in [0.25, 0.3) is 0 Å². The molecule has 4 rings (SSSR count). The molecule has 2 nitrogen and oxygen atoms in total. The summed E-state index contributed by atoms with van der Waals surface area (Å²) in [5.41, 5.74) is 5.73. The highest BCUT2D eigenvalue weighted by molar-refractivity contribution is 5.93. The van der Waals surface area contributed by atoms with Crippen LogP contribution in [-0.4, -0.2) is 12.6 Å². The minimum Gasteiger partial charge on any atom is -0.463 e. The third-order valence-corrected chi connectivity index (χ3v) is 5.44. The molecule has 154 valence electrons. The number of hydrogen-bond donors (Lipinski definition) is 0. The van der Waals surface area contributed by atoms with Crippen molar-refractivity contribution in [3.63, 3.8) is 0 Å². The lowest BCUT2D eigenvalue weighted by Gasteiger charge is -2.11. The fraction of sp³-hybridized carbons (Fsp3) is 0.138. The maximum atomic E-state index is 12.2. The maximum Gasteiger partial charge on any atom is 0.331 e. The molecule has 0 radical (unpaired) electrons. The van der Waals surface area contributed by atoms with Gasteiger partial charge in [0.15, 0.2) is 0 Å². The van der Waals surface area contributed by atoms with Crippen LogP contribution in [0, 0.1) is 0 Å². The Morgan fingerprint density at radius 2 is 1.45 bits per heavy atom. The summed E-state index contributed by atoms with van der Waals surface area (Å²) in [6.07, 6.45) is 3.26. The van der Waals surface area contributed by atoms with Crippen molar-refractivity contribution in [2.75, 3.05) is 6.61 Å². The lowest BCUT2D eigenvalue weighted by atomic mass is 9.95. The first-order valence-corrected chi connectivity index (χ1v) is 10.7. The van der Waals surface area contributed by atoms with Gasteiger partial charge in [-0.05, 0) is 64.4 Å². The second kappa shape index (κ2) is 9.90. The summed E-state index contributed by atoms with van der Waals surface area (Å²) < 4.78 is 5.18. The number of carbonyl (C=O) groups is 1. The van der Waals surface area contributed by atoms with Crippen LogP contribution in [0.25, 0.3) is 27.5 Å². The van der Waals surface area contributed by atoms with E-state index in [9.17, 15) is 4.79 Å². The zero-order valence-corrected chi connectivity index (χ0v) is 17.8. The first-order valence-electron chi connectivity index (χ1n) is 10.7. The summed E-state index contributed by atoms with van der Waals surface area (Å²) in [4.78, 5) is 12.2. The van der Waals surface area contributed by atoms with Crippen molar-refractivity contribution >= 4 is 22.3 Å². The van der Waals surface area contributed by atoms with E-state index in [-0.39, 0.29) is 5.97 Å². The molecule has 0 heterocycles. The summed E-state index contributed by atoms with van der Waals surface area (Å²) in [7, 11) is 0. The number of fused-ring (bicyclic) bond motifs is 1. The molecular weight excluding hydrogens is 380 g/mol. The third-order valence-electron chi connectivity index (χ3n) is 5.44. The molecule has 0 unspecified atom stereocenters. The Kier molecular flexibility index (Phi) is 6.59. The zero-order valence-electron chi connectivity index (χ0n) is 17.8. The van der Waals surface area contributed by atoms with Gasteiger partial charge in [-0.15, -0.1) is 0 Å². The van der Waals surface area contributed by atoms with Crippen molar-refractivity contribution in [1.29, 1.82) is 0 Å². The van der Waals surface area contributed by atoms with Crippen molar-refractivity contribution in [3.05, 3.63) is 114 Å². The van der Waals surface area contributed by atoms with Crippen LogP contribution in [0.2, 0.25) is 0 Å². The Hall–Kier alpha value is -3.65. The van der Waals surface area contributed by atoms with Crippen molar-refractivity contribution in [2.24, 2.45) is 0 Å². The fourth-order valence-corrected chi connectivity index (χ4v) is 3.79. The predicted molar refractivity (Wildman–Crippen MR) is 129 cm³/mol. The molecular formula is C29H26O2. The first kappa shape index (κ1) is 20.6. The molecule has 0 saturated carbocycles. The Bertz CT molecular complexity index is 1190. The third kappa shape index (κ3) is 5.29. The molecule has 0 aromatic heterocycles. The van der Waals surface area contributed by atoms with E-state index in [1.54, 1.807) is 6.08 Å². The molecule has 4 aromatic carbocycles. The largest absolute Gasteiger partial charge is 0.463 e. The predicted octanol–water partition coefficient (Wildman–Crippen LogP) is 7.09. The zero-order chi connectivity index (χ0) is 21.5. The second-order valence-corrected chi connectivity index (χ2v) is 7.55. The number of carbonyl (C=O) groups excluding carboxylic acids is 1. The van der Waals surface area contributed by atoms with Crippen LogP contribution < -0.4 is 0 Å². The summed E-state index contributed by atoms with van der Waals surface area (Å²) in [6, 6.07) is 33.7.